The average Bonchev–Trinajstić information content (AvgIpc) is 2.89. The van der Waals surface area contributed by atoms with Crippen LogP contribution in [0.3, 0.4) is 0 Å². The van der Waals surface area contributed by atoms with Gasteiger partial charge in [-0.15, -0.1) is 0 Å². The van der Waals surface area contributed by atoms with Gasteiger partial charge in [0, 0.05) is 7.11 Å². The summed E-state index contributed by atoms with van der Waals surface area (Å²) in [6.45, 7) is 5.28. The van der Waals surface area contributed by atoms with Crippen molar-refractivity contribution in [3.63, 3.8) is 0 Å². The minimum atomic E-state index is 0.313. The zero-order valence-electron chi connectivity index (χ0n) is 12.0. The van der Waals surface area contributed by atoms with Gasteiger partial charge < -0.3 is 14.5 Å². The third kappa shape index (κ3) is 2.62. The Balaban J connectivity index is 2.17. The second-order valence-corrected chi connectivity index (χ2v) is 5.99. The van der Waals surface area contributed by atoms with Crippen molar-refractivity contribution in [2.75, 3.05) is 14.2 Å². The molecule has 2 rings (SSSR count). The van der Waals surface area contributed by atoms with Crippen LogP contribution in [0.4, 0.5) is 0 Å². The molecule has 1 N–H and O–H groups in total. The average molecular weight is 251 g/mol. The van der Waals surface area contributed by atoms with Gasteiger partial charge in [-0.25, -0.2) is 0 Å². The third-order valence-corrected chi connectivity index (χ3v) is 4.33. The number of rotatable bonds is 5. The Morgan fingerprint density at radius 1 is 1.50 bits per heavy atom. The zero-order chi connectivity index (χ0) is 13.2. The van der Waals surface area contributed by atoms with Crippen LogP contribution in [0.1, 0.15) is 50.7 Å². The fourth-order valence-corrected chi connectivity index (χ4v) is 3.29. The lowest BCUT2D eigenvalue weighted by atomic mass is 9.77. The molecule has 1 aliphatic rings. The first-order chi connectivity index (χ1) is 8.58. The normalized spacial score (nSPS) is 24.3. The number of ether oxygens (including phenoxy) is 1. The van der Waals surface area contributed by atoms with Crippen LogP contribution in [-0.4, -0.2) is 14.2 Å². The van der Waals surface area contributed by atoms with Gasteiger partial charge in [0.15, 0.2) is 0 Å². The van der Waals surface area contributed by atoms with Gasteiger partial charge >= 0.3 is 0 Å². The van der Waals surface area contributed by atoms with Gasteiger partial charge in [-0.1, -0.05) is 20.3 Å². The first-order valence-electron chi connectivity index (χ1n) is 6.83. The Bertz CT molecular complexity index is 384. The number of hydrogen-bond donors (Lipinski definition) is 1. The van der Waals surface area contributed by atoms with E-state index in [0.29, 0.717) is 24.0 Å². The van der Waals surface area contributed by atoms with E-state index in [1.165, 1.54) is 19.3 Å². The predicted octanol–water partition coefficient (Wildman–Crippen LogP) is 3.51. The summed E-state index contributed by atoms with van der Waals surface area (Å²) in [6.07, 6.45) is 3.90. The van der Waals surface area contributed by atoms with Gasteiger partial charge in [0.25, 0.3) is 0 Å². The quantitative estimate of drug-likeness (QED) is 0.869. The van der Waals surface area contributed by atoms with Crippen molar-refractivity contribution in [3.05, 3.63) is 23.7 Å². The number of hydrogen-bond acceptors (Lipinski definition) is 3. The molecule has 1 aromatic heterocycles. The van der Waals surface area contributed by atoms with E-state index in [-0.39, 0.29) is 0 Å². The number of methoxy groups -OCH3 is 1. The van der Waals surface area contributed by atoms with Gasteiger partial charge in [0.05, 0.1) is 6.04 Å². The molecule has 2 unspecified atom stereocenters. The molecule has 18 heavy (non-hydrogen) atoms. The summed E-state index contributed by atoms with van der Waals surface area (Å²) >= 11 is 0. The number of furan rings is 1. The minimum absolute atomic E-state index is 0.313. The maximum atomic E-state index is 5.90. The highest BCUT2D eigenvalue weighted by atomic mass is 16.5. The molecular weight excluding hydrogens is 226 g/mol. The predicted molar refractivity (Wildman–Crippen MR) is 72.3 cm³/mol. The summed E-state index contributed by atoms with van der Waals surface area (Å²) in [5.74, 6) is 2.59. The Morgan fingerprint density at radius 2 is 2.28 bits per heavy atom. The Kier molecular flexibility index (Phi) is 4.13. The molecule has 102 valence electrons. The molecular formula is C15H25NO2. The Labute approximate surface area is 110 Å². The van der Waals surface area contributed by atoms with Crippen molar-refractivity contribution in [3.8, 4) is 0 Å². The van der Waals surface area contributed by atoms with Gasteiger partial charge in [-0.05, 0) is 43.4 Å². The smallest absolute Gasteiger partial charge is 0.129 e. The molecule has 1 heterocycles. The van der Waals surface area contributed by atoms with E-state index in [0.717, 1.165) is 11.5 Å². The second-order valence-electron chi connectivity index (χ2n) is 5.99. The highest BCUT2D eigenvalue weighted by Gasteiger charge is 2.40. The topological polar surface area (TPSA) is 34.4 Å². The van der Waals surface area contributed by atoms with E-state index < -0.39 is 0 Å². The van der Waals surface area contributed by atoms with Crippen molar-refractivity contribution in [2.24, 2.45) is 11.3 Å². The van der Waals surface area contributed by atoms with E-state index >= 15 is 0 Å². The van der Waals surface area contributed by atoms with Crippen LogP contribution in [0.15, 0.2) is 16.5 Å². The summed E-state index contributed by atoms with van der Waals surface area (Å²) in [5.41, 5.74) is 0.391. The van der Waals surface area contributed by atoms with Crippen molar-refractivity contribution in [1.29, 1.82) is 0 Å². The van der Waals surface area contributed by atoms with Crippen molar-refractivity contribution in [1.82, 2.24) is 5.32 Å². The van der Waals surface area contributed by atoms with Crippen LogP contribution in [0.2, 0.25) is 0 Å². The molecule has 3 nitrogen and oxygen atoms in total. The first-order valence-corrected chi connectivity index (χ1v) is 6.83. The maximum Gasteiger partial charge on any atom is 0.129 e. The SMILES string of the molecule is CNC(c1ccc(COC)o1)C1CCCC1(C)C. The first kappa shape index (κ1) is 13.6. The fourth-order valence-electron chi connectivity index (χ4n) is 3.29. The standard InChI is InChI=1S/C15H25NO2/c1-15(2)9-5-6-12(15)14(16-3)13-8-7-11(18-13)10-17-4/h7-8,12,14,16H,5-6,9-10H2,1-4H3. The van der Waals surface area contributed by atoms with Crippen LogP contribution in [-0.2, 0) is 11.3 Å². The second kappa shape index (κ2) is 5.45. The highest BCUT2D eigenvalue weighted by Crippen LogP contribution is 2.48. The van der Waals surface area contributed by atoms with Crippen LogP contribution >= 0.6 is 0 Å². The molecule has 1 saturated carbocycles. The third-order valence-electron chi connectivity index (χ3n) is 4.33. The fraction of sp³-hybridized carbons (Fsp3) is 0.733. The zero-order valence-corrected chi connectivity index (χ0v) is 12.0. The molecule has 0 aliphatic heterocycles. The lowest BCUT2D eigenvalue weighted by molar-refractivity contribution is 0.152. The Morgan fingerprint density at radius 3 is 2.83 bits per heavy atom. The van der Waals surface area contributed by atoms with Crippen molar-refractivity contribution < 1.29 is 9.15 Å². The van der Waals surface area contributed by atoms with Gasteiger partial charge in [-0.2, -0.15) is 0 Å². The van der Waals surface area contributed by atoms with Gasteiger partial charge in [-0.3, -0.25) is 0 Å². The summed E-state index contributed by atoms with van der Waals surface area (Å²) < 4.78 is 11.0. The van der Waals surface area contributed by atoms with Crippen LogP contribution in [0.25, 0.3) is 0 Å². The highest BCUT2D eigenvalue weighted by molar-refractivity contribution is 5.13. The van der Waals surface area contributed by atoms with Crippen LogP contribution < -0.4 is 5.32 Å². The summed E-state index contributed by atoms with van der Waals surface area (Å²) in [4.78, 5) is 0. The Hall–Kier alpha value is -0.800. The van der Waals surface area contributed by atoms with E-state index in [1.54, 1.807) is 7.11 Å². The molecule has 0 radical (unpaired) electrons. The van der Waals surface area contributed by atoms with Crippen LogP contribution in [0, 0.1) is 11.3 Å². The molecule has 0 saturated heterocycles. The largest absolute Gasteiger partial charge is 0.462 e. The van der Waals surface area contributed by atoms with E-state index in [2.05, 4.69) is 25.2 Å². The minimum Gasteiger partial charge on any atom is -0.462 e. The lowest BCUT2D eigenvalue weighted by Gasteiger charge is -2.33. The summed E-state index contributed by atoms with van der Waals surface area (Å²) in [7, 11) is 3.72. The molecule has 1 aromatic rings. The molecule has 1 aliphatic carbocycles. The van der Waals surface area contributed by atoms with E-state index in [9.17, 15) is 0 Å². The van der Waals surface area contributed by atoms with Gasteiger partial charge in [0.1, 0.15) is 18.1 Å². The summed E-state index contributed by atoms with van der Waals surface area (Å²) in [6, 6.07) is 4.42. The molecule has 2 atom stereocenters. The lowest BCUT2D eigenvalue weighted by Crippen LogP contribution is -2.31. The monoisotopic (exact) mass is 251 g/mol. The van der Waals surface area contributed by atoms with Crippen molar-refractivity contribution >= 4 is 0 Å². The van der Waals surface area contributed by atoms with E-state index in [4.69, 9.17) is 9.15 Å². The molecule has 0 spiro atoms. The van der Waals surface area contributed by atoms with Crippen LogP contribution in [0.5, 0.6) is 0 Å². The maximum absolute atomic E-state index is 5.90. The van der Waals surface area contributed by atoms with E-state index in [1.807, 2.05) is 13.1 Å². The molecule has 3 heteroatoms. The molecule has 1 fully saturated rings. The molecule has 0 amide bonds. The molecule has 0 bridgehead atoms. The number of nitrogens with one attached hydrogen (secondary N) is 1. The molecule has 0 aromatic carbocycles. The van der Waals surface area contributed by atoms with Crippen molar-refractivity contribution in [2.45, 2.75) is 45.8 Å². The van der Waals surface area contributed by atoms with Gasteiger partial charge in [0.2, 0.25) is 0 Å². The summed E-state index contributed by atoms with van der Waals surface area (Å²) in [5, 5.41) is 3.44.